The minimum Gasteiger partial charge on any atom is -0.496 e. The number of amides is 1. The topological polar surface area (TPSA) is 75.8 Å². The van der Waals surface area contributed by atoms with Crippen molar-refractivity contribution in [1.29, 1.82) is 0 Å². The number of nitrogens with zero attached hydrogens (tertiary/aromatic N) is 1. The summed E-state index contributed by atoms with van der Waals surface area (Å²) in [5.41, 5.74) is 9.01. The van der Waals surface area contributed by atoms with Crippen LogP contribution < -0.4 is 10.5 Å². The van der Waals surface area contributed by atoms with Crippen molar-refractivity contribution >= 4 is 17.7 Å². The van der Waals surface area contributed by atoms with Gasteiger partial charge in [0.2, 0.25) is 0 Å². The highest BCUT2D eigenvalue weighted by molar-refractivity contribution is 6.31. The summed E-state index contributed by atoms with van der Waals surface area (Å²) in [6, 6.07) is 1.70. The molecule has 0 aliphatic carbocycles. The Labute approximate surface area is 136 Å². The molecule has 6 heteroatoms. The second kappa shape index (κ2) is 6.75. The van der Waals surface area contributed by atoms with E-state index in [1.54, 1.807) is 7.11 Å². The van der Waals surface area contributed by atoms with Crippen LogP contribution in [0, 0.1) is 6.92 Å². The van der Waals surface area contributed by atoms with Gasteiger partial charge in [0.05, 0.1) is 7.11 Å². The largest absolute Gasteiger partial charge is 0.496 e. The molecule has 1 fully saturated rings. The number of carbonyl (C=O) groups is 1. The molecule has 1 heterocycles. The molecule has 1 aromatic carbocycles. The Kier molecular flexibility index (Phi) is 5.19. The van der Waals surface area contributed by atoms with Crippen LogP contribution in [0.4, 0.5) is 4.79 Å². The molecule has 1 aliphatic heterocycles. The lowest BCUT2D eigenvalue weighted by Gasteiger charge is -2.32. The third-order valence-corrected chi connectivity index (χ3v) is 4.81. The molecule has 22 heavy (non-hydrogen) atoms. The van der Waals surface area contributed by atoms with Crippen molar-refractivity contribution < 1.29 is 14.6 Å². The van der Waals surface area contributed by atoms with Gasteiger partial charge in [-0.15, -0.1) is 0 Å². The lowest BCUT2D eigenvalue weighted by molar-refractivity contribution is 0.132. The van der Waals surface area contributed by atoms with Crippen molar-refractivity contribution in [2.24, 2.45) is 5.73 Å². The van der Waals surface area contributed by atoms with E-state index in [0.29, 0.717) is 18.1 Å². The minimum atomic E-state index is -0.857. The molecule has 5 nitrogen and oxygen atoms in total. The standard InChI is InChI=1S/C16H23ClN2O3/c1-9-13(17)8-12(10(2)18)15(22-3)14(9)11-4-6-19(7-5-11)16(20)21/h8,10-11H,4-7,18H2,1-3H3,(H,20,21). The summed E-state index contributed by atoms with van der Waals surface area (Å²) in [6.45, 7) is 4.94. The van der Waals surface area contributed by atoms with E-state index in [0.717, 1.165) is 35.3 Å². The van der Waals surface area contributed by atoms with Crippen LogP contribution >= 0.6 is 11.6 Å². The zero-order valence-electron chi connectivity index (χ0n) is 13.2. The van der Waals surface area contributed by atoms with E-state index in [4.69, 9.17) is 27.2 Å². The summed E-state index contributed by atoms with van der Waals surface area (Å²) in [5.74, 6) is 1.03. The van der Waals surface area contributed by atoms with Crippen molar-refractivity contribution in [3.05, 3.63) is 27.8 Å². The van der Waals surface area contributed by atoms with Crippen molar-refractivity contribution in [2.75, 3.05) is 20.2 Å². The number of benzene rings is 1. The van der Waals surface area contributed by atoms with E-state index in [2.05, 4.69) is 0 Å². The van der Waals surface area contributed by atoms with Gasteiger partial charge in [-0.2, -0.15) is 0 Å². The first-order valence-electron chi connectivity index (χ1n) is 7.47. The van der Waals surface area contributed by atoms with E-state index >= 15 is 0 Å². The minimum absolute atomic E-state index is 0.175. The van der Waals surface area contributed by atoms with E-state index in [1.165, 1.54) is 4.90 Å². The van der Waals surface area contributed by atoms with E-state index in [1.807, 2.05) is 19.9 Å². The van der Waals surface area contributed by atoms with Gasteiger partial charge < -0.3 is 20.5 Å². The smallest absolute Gasteiger partial charge is 0.407 e. The molecule has 0 radical (unpaired) electrons. The fourth-order valence-electron chi connectivity index (χ4n) is 3.18. The lowest BCUT2D eigenvalue weighted by atomic mass is 9.84. The summed E-state index contributed by atoms with van der Waals surface area (Å²) in [7, 11) is 1.64. The van der Waals surface area contributed by atoms with E-state index in [-0.39, 0.29) is 12.0 Å². The molecule has 0 saturated carbocycles. The first-order chi connectivity index (χ1) is 10.4. The summed E-state index contributed by atoms with van der Waals surface area (Å²) < 4.78 is 5.63. The predicted octanol–water partition coefficient (Wildman–Crippen LogP) is 3.53. The molecule has 122 valence electrons. The molecule has 0 spiro atoms. The van der Waals surface area contributed by atoms with Gasteiger partial charge in [-0.25, -0.2) is 4.79 Å². The van der Waals surface area contributed by atoms with Gasteiger partial charge in [0, 0.05) is 35.3 Å². The number of halogens is 1. The van der Waals surface area contributed by atoms with Crippen molar-refractivity contribution in [2.45, 2.75) is 38.6 Å². The Morgan fingerprint density at radius 2 is 2.09 bits per heavy atom. The summed E-state index contributed by atoms with van der Waals surface area (Å²) in [6.07, 6.45) is 0.675. The number of hydrogen-bond donors (Lipinski definition) is 2. The average Bonchev–Trinajstić information content (AvgIpc) is 2.49. The molecule has 1 aromatic rings. The summed E-state index contributed by atoms with van der Waals surface area (Å²) in [5, 5.41) is 9.76. The lowest BCUT2D eigenvalue weighted by Crippen LogP contribution is -2.37. The highest BCUT2D eigenvalue weighted by atomic mass is 35.5. The maximum Gasteiger partial charge on any atom is 0.407 e. The van der Waals surface area contributed by atoms with Gasteiger partial charge >= 0.3 is 6.09 Å². The zero-order chi connectivity index (χ0) is 16.4. The van der Waals surface area contributed by atoms with Crippen LogP contribution in [0.25, 0.3) is 0 Å². The normalized spacial score (nSPS) is 17.4. The van der Waals surface area contributed by atoms with Gasteiger partial charge in [0.15, 0.2) is 0 Å². The third-order valence-electron chi connectivity index (χ3n) is 4.42. The van der Waals surface area contributed by atoms with Crippen molar-refractivity contribution in [1.82, 2.24) is 4.90 Å². The number of rotatable bonds is 3. The van der Waals surface area contributed by atoms with Gasteiger partial charge in [-0.05, 0) is 44.2 Å². The van der Waals surface area contributed by atoms with Crippen LogP contribution in [0.3, 0.4) is 0 Å². The number of carboxylic acid groups (broad SMARTS) is 1. The first-order valence-corrected chi connectivity index (χ1v) is 7.84. The van der Waals surface area contributed by atoms with Crippen LogP contribution in [-0.2, 0) is 0 Å². The van der Waals surface area contributed by atoms with Crippen LogP contribution in [-0.4, -0.2) is 36.3 Å². The second-order valence-corrected chi connectivity index (χ2v) is 6.26. The fourth-order valence-corrected chi connectivity index (χ4v) is 3.40. The van der Waals surface area contributed by atoms with Gasteiger partial charge in [0.25, 0.3) is 0 Å². The molecule has 0 aromatic heterocycles. The monoisotopic (exact) mass is 326 g/mol. The van der Waals surface area contributed by atoms with E-state index in [9.17, 15) is 4.79 Å². The number of piperidine rings is 1. The van der Waals surface area contributed by atoms with Crippen molar-refractivity contribution in [3.63, 3.8) is 0 Å². The Hall–Kier alpha value is -1.46. The molecule has 1 aliphatic rings. The highest BCUT2D eigenvalue weighted by Crippen LogP contribution is 2.42. The Morgan fingerprint density at radius 1 is 1.50 bits per heavy atom. The molecule has 3 N–H and O–H groups in total. The molecular weight excluding hydrogens is 304 g/mol. The number of methoxy groups -OCH3 is 1. The van der Waals surface area contributed by atoms with Crippen molar-refractivity contribution in [3.8, 4) is 5.75 Å². The second-order valence-electron chi connectivity index (χ2n) is 5.85. The third kappa shape index (κ3) is 3.15. The van der Waals surface area contributed by atoms with Crippen LogP contribution in [0.5, 0.6) is 5.75 Å². The van der Waals surface area contributed by atoms with E-state index < -0.39 is 6.09 Å². The van der Waals surface area contributed by atoms with Crippen LogP contribution in [0.1, 0.15) is 48.4 Å². The molecule has 2 rings (SSSR count). The number of nitrogens with two attached hydrogens (primary N) is 1. The number of hydrogen-bond acceptors (Lipinski definition) is 3. The molecule has 0 bridgehead atoms. The summed E-state index contributed by atoms with van der Waals surface area (Å²) in [4.78, 5) is 12.5. The number of ether oxygens (including phenoxy) is 1. The van der Waals surface area contributed by atoms with Crippen LogP contribution in [0.15, 0.2) is 6.07 Å². The average molecular weight is 327 g/mol. The summed E-state index contributed by atoms with van der Waals surface area (Å²) >= 11 is 6.37. The maximum absolute atomic E-state index is 11.0. The van der Waals surface area contributed by atoms with Crippen LogP contribution in [0.2, 0.25) is 5.02 Å². The van der Waals surface area contributed by atoms with Gasteiger partial charge in [-0.1, -0.05) is 11.6 Å². The predicted molar refractivity (Wildman–Crippen MR) is 86.9 cm³/mol. The molecule has 1 unspecified atom stereocenters. The molecular formula is C16H23ClN2O3. The highest BCUT2D eigenvalue weighted by Gasteiger charge is 2.29. The SMILES string of the molecule is COc1c(C(C)N)cc(Cl)c(C)c1C1CCN(C(=O)O)CC1. The zero-order valence-corrected chi connectivity index (χ0v) is 14.0. The Bertz CT molecular complexity index is 567. The molecule has 1 amide bonds. The first kappa shape index (κ1) is 16.9. The number of likely N-dealkylation sites (tertiary alicyclic amines) is 1. The van der Waals surface area contributed by atoms with Gasteiger partial charge in [0.1, 0.15) is 5.75 Å². The molecule has 1 atom stereocenters. The Balaban J connectivity index is 2.40. The van der Waals surface area contributed by atoms with Gasteiger partial charge in [-0.3, -0.25) is 0 Å². The molecule has 1 saturated heterocycles. The fraction of sp³-hybridized carbons (Fsp3) is 0.562. The maximum atomic E-state index is 11.0. The Morgan fingerprint density at radius 3 is 2.55 bits per heavy atom. The quantitative estimate of drug-likeness (QED) is 0.890.